The summed E-state index contributed by atoms with van der Waals surface area (Å²) in [7, 11) is 0. The smallest absolute Gasteiger partial charge is 0.404 e. The molecule has 1 fully saturated rings. The second kappa shape index (κ2) is 25.0. The maximum absolute atomic E-state index is 13.4. The zero-order chi connectivity index (χ0) is 42.7. The quantitative estimate of drug-likeness (QED) is 0.0381. The van der Waals surface area contributed by atoms with E-state index in [0.29, 0.717) is 38.8 Å². The van der Waals surface area contributed by atoms with Crippen molar-refractivity contribution in [3.05, 3.63) is 0 Å². The summed E-state index contributed by atoms with van der Waals surface area (Å²) in [5, 5.41) is 57.2. The number of carboxylic acids is 1. The Bertz CT molecular complexity index is 1360. The lowest BCUT2D eigenvalue weighted by Gasteiger charge is -2.44. The zero-order valence-corrected chi connectivity index (χ0v) is 32.1. The highest BCUT2D eigenvalue weighted by molar-refractivity contribution is 5.89. The maximum Gasteiger partial charge on any atom is 0.404 e. The van der Waals surface area contributed by atoms with Crippen LogP contribution in [0.4, 0.5) is 4.79 Å². The van der Waals surface area contributed by atoms with Crippen molar-refractivity contribution in [1.82, 2.24) is 31.9 Å². The fourth-order valence-corrected chi connectivity index (χ4v) is 6.39. The molecule has 0 bridgehead atoms. The summed E-state index contributed by atoms with van der Waals surface area (Å²) in [5.41, 5.74) is 28.1. The van der Waals surface area contributed by atoms with Gasteiger partial charge >= 0.3 is 12.1 Å². The lowest BCUT2D eigenvalue weighted by molar-refractivity contribution is -0.198. The molecule has 1 saturated heterocycles. The highest BCUT2D eigenvalue weighted by Crippen LogP contribution is 2.24. The van der Waals surface area contributed by atoms with Gasteiger partial charge in [0.05, 0.1) is 18.8 Å². The van der Waals surface area contributed by atoms with Gasteiger partial charge in [-0.2, -0.15) is 0 Å². The van der Waals surface area contributed by atoms with E-state index in [2.05, 4.69) is 36.9 Å². The van der Waals surface area contributed by atoms with Crippen LogP contribution in [0.15, 0.2) is 4.99 Å². The Hall–Kier alpha value is -4.43. The maximum atomic E-state index is 13.4. The molecule has 3 unspecified atom stereocenters. The van der Waals surface area contributed by atoms with Gasteiger partial charge in [-0.15, -0.1) is 0 Å². The second-order valence-electron chi connectivity index (χ2n) is 14.1. The number of ether oxygens (including phenoxy) is 2. The first kappa shape index (κ1) is 48.7. The van der Waals surface area contributed by atoms with Crippen molar-refractivity contribution in [1.29, 1.82) is 0 Å². The van der Waals surface area contributed by atoms with Crippen molar-refractivity contribution >= 4 is 41.7 Å². The van der Waals surface area contributed by atoms with E-state index in [1.165, 1.54) is 6.92 Å². The van der Waals surface area contributed by atoms with Crippen LogP contribution in [0, 0.1) is 0 Å². The molecule has 0 aromatic carbocycles. The average Bonchev–Trinajstić information content (AvgIpc) is 3.57. The Kier molecular flexibility index (Phi) is 21.4. The topological polar surface area (TPSA) is 416 Å². The molecule has 326 valence electrons. The third-order valence-electron chi connectivity index (χ3n) is 9.22. The van der Waals surface area contributed by atoms with Crippen LogP contribution in [0.5, 0.6) is 0 Å². The Labute approximate surface area is 330 Å². The number of primary amides is 1. The molecule has 24 heteroatoms. The number of aliphatic hydroxyl groups is 3. The molecule has 0 aliphatic carbocycles. The number of aliphatic imine (C=N–C) groups is 1. The van der Waals surface area contributed by atoms with Crippen LogP contribution in [-0.4, -0.2) is 162 Å². The Morgan fingerprint density at radius 2 is 1.53 bits per heavy atom. The van der Waals surface area contributed by atoms with Gasteiger partial charge in [0, 0.05) is 63.9 Å². The van der Waals surface area contributed by atoms with Gasteiger partial charge in [0.2, 0.25) is 23.6 Å². The molecule has 2 aliphatic rings. The normalized spacial score (nSPS) is 25.1. The summed E-state index contributed by atoms with van der Waals surface area (Å²) in [5.74, 6) is -3.21. The SMILES string of the molecule is CC(=O)NC(CCCNC(=O)CC(N)CCCNC(=O)CC(N)CCCN)CC(=O)N[C@@H]1[C@H](O)[C@@H](OC(N)=O)[C@@H](CO)O[C@H]1NC1=N[C@H](C(=O)O)[C@@H]([C@H](O)CN)N1. The third-order valence-corrected chi connectivity index (χ3v) is 9.22. The summed E-state index contributed by atoms with van der Waals surface area (Å²) in [6.45, 7) is 1.28. The van der Waals surface area contributed by atoms with Crippen molar-refractivity contribution in [3.8, 4) is 0 Å². The third kappa shape index (κ3) is 17.3. The van der Waals surface area contributed by atoms with Crippen LogP contribution in [0.3, 0.4) is 0 Å². The number of carbonyl (C=O) groups excluding carboxylic acids is 5. The number of carbonyl (C=O) groups is 6. The summed E-state index contributed by atoms with van der Waals surface area (Å²) in [4.78, 5) is 77.3. The molecular weight excluding hydrogens is 756 g/mol. The fourth-order valence-electron chi connectivity index (χ4n) is 6.39. The lowest BCUT2D eigenvalue weighted by Crippen LogP contribution is -2.69. The number of hydrogen-bond acceptors (Lipinski definition) is 18. The monoisotopic (exact) mass is 818 g/mol. The number of aliphatic hydroxyl groups excluding tert-OH is 3. The molecule has 11 atom stereocenters. The number of nitrogens with zero attached hydrogens (tertiary/aromatic N) is 1. The van der Waals surface area contributed by atoms with Gasteiger partial charge in [-0.1, -0.05) is 0 Å². The van der Waals surface area contributed by atoms with Gasteiger partial charge < -0.3 is 90.5 Å². The molecule has 2 heterocycles. The minimum Gasteiger partial charge on any atom is -0.480 e. The van der Waals surface area contributed by atoms with E-state index in [4.69, 9.17) is 38.1 Å². The van der Waals surface area contributed by atoms with Crippen LogP contribution in [0.1, 0.15) is 64.7 Å². The van der Waals surface area contributed by atoms with Crippen LogP contribution >= 0.6 is 0 Å². The summed E-state index contributed by atoms with van der Waals surface area (Å²) in [6.07, 6.45) is -5.76. The number of hydrogen-bond donors (Lipinski definition) is 15. The van der Waals surface area contributed by atoms with Crippen LogP contribution in [0.25, 0.3) is 0 Å². The van der Waals surface area contributed by atoms with Crippen molar-refractivity contribution in [2.75, 3.05) is 32.8 Å². The van der Waals surface area contributed by atoms with Crippen molar-refractivity contribution in [2.24, 2.45) is 33.7 Å². The van der Waals surface area contributed by atoms with Crippen molar-refractivity contribution in [3.63, 3.8) is 0 Å². The molecular formula is C33H62N12O12. The van der Waals surface area contributed by atoms with Gasteiger partial charge in [0.15, 0.2) is 24.3 Å². The number of carboxylic acid groups (broad SMARTS) is 1. The summed E-state index contributed by atoms with van der Waals surface area (Å²) >= 11 is 0. The van der Waals surface area contributed by atoms with Gasteiger partial charge in [-0.3, -0.25) is 19.2 Å². The fraction of sp³-hybridized carbons (Fsp3) is 0.788. The van der Waals surface area contributed by atoms with E-state index in [1.54, 1.807) is 0 Å². The van der Waals surface area contributed by atoms with Gasteiger partial charge in [-0.05, 0) is 45.1 Å². The minimum absolute atomic E-state index is 0.0428. The first-order chi connectivity index (χ1) is 27.0. The number of nitrogens with two attached hydrogens (primary N) is 5. The Balaban J connectivity index is 1.96. The number of rotatable bonds is 25. The van der Waals surface area contributed by atoms with Gasteiger partial charge in [-0.25, -0.2) is 14.6 Å². The van der Waals surface area contributed by atoms with Crippen molar-refractivity contribution in [2.45, 2.75) is 132 Å². The molecule has 0 spiro atoms. The van der Waals surface area contributed by atoms with Crippen LogP contribution in [0.2, 0.25) is 0 Å². The predicted octanol–water partition coefficient (Wildman–Crippen LogP) is -6.44. The summed E-state index contributed by atoms with van der Waals surface area (Å²) < 4.78 is 10.8. The second-order valence-corrected chi connectivity index (χ2v) is 14.1. The van der Waals surface area contributed by atoms with E-state index >= 15 is 0 Å². The van der Waals surface area contributed by atoms with E-state index < -0.39 is 91.3 Å². The first-order valence-electron chi connectivity index (χ1n) is 18.9. The molecule has 57 heavy (non-hydrogen) atoms. The average molecular weight is 819 g/mol. The molecule has 24 nitrogen and oxygen atoms in total. The molecule has 20 N–H and O–H groups in total. The van der Waals surface area contributed by atoms with Crippen LogP contribution < -0.4 is 60.6 Å². The van der Waals surface area contributed by atoms with Crippen molar-refractivity contribution < 1.29 is 58.7 Å². The van der Waals surface area contributed by atoms with E-state index in [1.807, 2.05) is 0 Å². The van der Waals surface area contributed by atoms with Crippen LogP contribution in [-0.2, 0) is 33.4 Å². The van der Waals surface area contributed by atoms with Gasteiger partial charge in [0.1, 0.15) is 18.2 Å². The van der Waals surface area contributed by atoms with Gasteiger partial charge in [0.25, 0.3) is 0 Å². The predicted molar refractivity (Wildman–Crippen MR) is 202 cm³/mol. The molecule has 0 aromatic rings. The molecule has 2 aliphatic heterocycles. The zero-order valence-electron chi connectivity index (χ0n) is 32.1. The summed E-state index contributed by atoms with van der Waals surface area (Å²) in [6, 6.07) is -5.51. The molecule has 0 saturated carbocycles. The largest absolute Gasteiger partial charge is 0.480 e. The number of amides is 5. The number of aliphatic carboxylic acids is 1. The lowest BCUT2D eigenvalue weighted by atomic mass is 9.95. The van der Waals surface area contributed by atoms with E-state index in [0.717, 1.165) is 6.42 Å². The number of nitrogens with one attached hydrogen (secondary N) is 6. The molecule has 0 aromatic heterocycles. The highest BCUT2D eigenvalue weighted by atomic mass is 16.6. The molecule has 5 amide bonds. The van der Waals surface area contributed by atoms with E-state index in [-0.39, 0.29) is 62.6 Å². The Morgan fingerprint density at radius 1 is 0.930 bits per heavy atom. The van der Waals surface area contributed by atoms with E-state index in [9.17, 15) is 49.2 Å². The first-order valence-corrected chi connectivity index (χ1v) is 18.9. The Morgan fingerprint density at radius 3 is 2.05 bits per heavy atom. The highest BCUT2D eigenvalue weighted by Gasteiger charge is 2.49. The standard InChI is InChI=1S/C33H62N12O12/c1-16(47)41-19(7-4-10-40-23(50)12-18(37)6-3-9-39-22(49)11-17(36)5-2-8-34)13-24(51)42-27-28(52)29(57-32(38)55)21(15-46)56-30(27)45-33-43-25(20(48)14-35)26(44-33)31(53)54/h17-21,25-30,46,48,52H,2-15,34-37H2,1H3,(H2,38,55)(H,39,49)(H,40,50)(H,41,47)(H,42,51)(H,53,54)(H2,43,44,45)/t17?,18?,19?,20-,21-,25-,26+,27-,28+,29+,30-/m1/s1. The molecule has 2 rings (SSSR count). The minimum atomic E-state index is -1.75. The molecule has 0 radical (unpaired) electrons. The number of guanidine groups is 1.